The van der Waals surface area contributed by atoms with Gasteiger partial charge in [-0.1, -0.05) is 0 Å². The second-order valence-corrected chi connectivity index (χ2v) is 4.72. The SMILES string of the molecule is Nc1cc(C(=O)O)ccc1SC1CC1. The number of hydrogen-bond donors (Lipinski definition) is 2. The fraction of sp³-hybridized carbons (Fsp3) is 0.300. The van der Waals surface area contributed by atoms with Crippen LogP contribution >= 0.6 is 11.8 Å². The molecule has 0 bridgehead atoms. The molecule has 0 amide bonds. The summed E-state index contributed by atoms with van der Waals surface area (Å²) in [6, 6.07) is 4.91. The van der Waals surface area contributed by atoms with Gasteiger partial charge in [0.05, 0.1) is 5.56 Å². The lowest BCUT2D eigenvalue weighted by molar-refractivity contribution is 0.0697. The van der Waals surface area contributed by atoms with Gasteiger partial charge in [-0.25, -0.2) is 4.79 Å². The van der Waals surface area contributed by atoms with E-state index in [9.17, 15) is 4.79 Å². The fourth-order valence-electron chi connectivity index (χ4n) is 1.15. The van der Waals surface area contributed by atoms with Crippen LogP contribution in [0.2, 0.25) is 0 Å². The summed E-state index contributed by atoms with van der Waals surface area (Å²) in [6.07, 6.45) is 2.48. The summed E-state index contributed by atoms with van der Waals surface area (Å²) >= 11 is 1.74. The Bertz CT molecular complexity index is 374. The molecule has 0 aromatic heterocycles. The molecule has 74 valence electrons. The first-order valence-corrected chi connectivity index (χ1v) is 5.34. The monoisotopic (exact) mass is 209 g/mol. The molecule has 1 saturated carbocycles. The second kappa shape index (κ2) is 3.53. The van der Waals surface area contributed by atoms with Crippen molar-refractivity contribution >= 4 is 23.4 Å². The first-order chi connectivity index (χ1) is 6.66. The quantitative estimate of drug-likeness (QED) is 0.749. The summed E-state index contributed by atoms with van der Waals surface area (Å²) < 4.78 is 0. The zero-order valence-electron chi connectivity index (χ0n) is 7.56. The number of anilines is 1. The number of thioether (sulfide) groups is 1. The molecule has 14 heavy (non-hydrogen) atoms. The van der Waals surface area contributed by atoms with E-state index in [4.69, 9.17) is 10.8 Å². The molecule has 0 spiro atoms. The molecule has 0 heterocycles. The van der Waals surface area contributed by atoms with Crippen LogP contribution in [0.5, 0.6) is 0 Å². The van der Waals surface area contributed by atoms with Crippen molar-refractivity contribution in [2.75, 3.05) is 5.73 Å². The third-order valence-electron chi connectivity index (χ3n) is 2.07. The summed E-state index contributed by atoms with van der Waals surface area (Å²) in [5.41, 5.74) is 6.57. The lowest BCUT2D eigenvalue weighted by Crippen LogP contribution is -1.98. The highest BCUT2D eigenvalue weighted by Crippen LogP contribution is 2.41. The first-order valence-electron chi connectivity index (χ1n) is 4.46. The fourth-order valence-corrected chi connectivity index (χ4v) is 2.23. The van der Waals surface area contributed by atoms with Crippen LogP contribution in [0.25, 0.3) is 0 Å². The summed E-state index contributed by atoms with van der Waals surface area (Å²) in [7, 11) is 0. The number of carbonyl (C=O) groups is 1. The van der Waals surface area contributed by atoms with Crippen LogP contribution in [-0.4, -0.2) is 16.3 Å². The average Bonchev–Trinajstić information content (AvgIpc) is 2.92. The molecule has 4 heteroatoms. The minimum Gasteiger partial charge on any atom is -0.478 e. The van der Waals surface area contributed by atoms with E-state index in [0.717, 1.165) is 4.90 Å². The molecule has 0 saturated heterocycles. The summed E-state index contributed by atoms with van der Waals surface area (Å²) in [5, 5.41) is 9.42. The van der Waals surface area contributed by atoms with Crippen molar-refractivity contribution in [2.24, 2.45) is 0 Å². The molecule has 1 fully saturated rings. The molecular formula is C10H11NO2S. The first kappa shape index (κ1) is 9.40. The van der Waals surface area contributed by atoms with Gasteiger partial charge < -0.3 is 10.8 Å². The van der Waals surface area contributed by atoms with Gasteiger partial charge in [-0.05, 0) is 31.0 Å². The van der Waals surface area contributed by atoms with Gasteiger partial charge >= 0.3 is 5.97 Å². The van der Waals surface area contributed by atoms with E-state index < -0.39 is 5.97 Å². The molecule has 0 aliphatic heterocycles. The van der Waals surface area contributed by atoms with Crippen LogP contribution in [0.4, 0.5) is 5.69 Å². The van der Waals surface area contributed by atoms with Gasteiger partial charge in [0.15, 0.2) is 0 Å². The Morgan fingerprint density at radius 2 is 2.21 bits per heavy atom. The number of aromatic carboxylic acids is 1. The zero-order valence-corrected chi connectivity index (χ0v) is 8.38. The van der Waals surface area contributed by atoms with Crippen molar-refractivity contribution in [3.63, 3.8) is 0 Å². The standard InChI is InChI=1S/C10H11NO2S/c11-8-5-6(10(12)13)1-4-9(8)14-7-2-3-7/h1,4-5,7H,2-3,11H2,(H,12,13). The Morgan fingerprint density at radius 3 is 2.71 bits per heavy atom. The van der Waals surface area contributed by atoms with E-state index in [1.165, 1.54) is 18.9 Å². The normalized spacial score (nSPS) is 15.4. The molecule has 1 aromatic carbocycles. The maximum Gasteiger partial charge on any atom is 0.335 e. The average molecular weight is 209 g/mol. The second-order valence-electron chi connectivity index (χ2n) is 3.37. The number of carboxylic acids is 1. The predicted molar refractivity (Wildman–Crippen MR) is 56.7 cm³/mol. The van der Waals surface area contributed by atoms with Crippen LogP contribution in [-0.2, 0) is 0 Å². The van der Waals surface area contributed by atoms with Crippen molar-refractivity contribution in [3.8, 4) is 0 Å². The van der Waals surface area contributed by atoms with Gasteiger partial charge in [-0.2, -0.15) is 0 Å². The minimum atomic E-state index is -0.931. The smallest absolute Gasteiger partial charge is 0.335 e. The Labute approximate surface area is 86.3 Å². The highest BCUT2D eigenvalue weighted by Gasteiger charge is 2.23. The highest BCUT2D eigenvalue weighted by atomic mass is 32.2. The number of hydrogen-bond acceptors (Lipinski definition) is 3. The van der Waals surface area contributed by atoms with Crippen molar-refractivity contribution in [1.82, 2.24) is 0 Å². The van der Waals surface area contributed by atoms with Crippen molar-refractivity contribution in [1.29, 1.82) is 0 Å². The van der Waals surface area contributed by atoms with Gasteiger partial charge in [0.1, 0.15) is 0 Å². The number of rotatable bonds is 3. The molecule has 1 aliphatic carbocycles. The lowest BCUT2D eigenvalue weighted by atomic mass is 10.2. The number of carboxylic acid groups (broad SMARTS) is 1. The van der Waals surface area contributed by atoms with E-state index in [-0.39, 0.29) is 5.56 Å². The molecule has 1 aromatic rings. The van der Waals surface area contributed by atoms with Gasteiger partial charge in [0, 0.05) is 15.8 Å². The number of benzene rings is 1. The van der Waals surface area contributed by atoms with Crippen molar-refractivity contribution in [3.05, 3.63) is 23.8 Å². The maximum absolute atomic E-state index is 10.6. The Hall–Kier alpha value is -1.16. The van der Waals surface area contributed by atoms with E-state index in [2.05, 4.69) is 0 Å². The third-order valence-corrected chi connectivity index (χ3v) is 3.51. The van der Waals surface area contributed by atoms with E-state index in [1.807, 2.05) is 0 Å². The minimum absolute atomic E-state index is 0.252. The molecule has 3 nitrogen and oxygen atoms in total. The Balaban J connectivity index is 2.21. The number of nitrogens with two attached hydrogens (primary N) is 1. The highest BCUT2D eigenvalue weighted by molar-refractivity contribution is 8.00. The van der Waals surface area contributed by atoms with Crippen LogP contribution in [0.15, 0.2) is 23.1 Å². The zero-order chi connectivity index (χ0) is 10.1. The Morgan fingerprint density at radius 1 is 1.50 bits per heavy atom. The van der Waals surface area contributed by atoms with Crippen LogP contribution in [0.3, 0.4) is 0 Å². The van der Waals surface area contributed by atoms with Crippen molar-refractivity contribution < 1.29 is 9.90 Å². The van der Waals surface area contributed by atoms with E-state index in [0.29, 0.717) is 10.9 Å². The molecule has 2 rings (SSSR count). The van der Waals surface area contributed by atoms with E-state index in [1.54, 1.807) is 23.9 Å². The van der Waals surface area contributed by atoms with Gasteiger partial charge in [-0.3, -0.25) is 0 Å². The van der Waals surface area contributed by atoms with Gasteiger partial charge in [0.2, 0.25) is 0 Å². The summed E-state index contributed by atoms with van der Waals surface area (Å²) in [5.74, 6) is -0.931. The molecular weight excluding hydrogens is 198 g/mol. The van der Waals surface area contributed by atoms with Crippen LogP contribution < -0.4 is 5.73 Å². The maximum atomic E-state index is 10.6. The summed E-state index contributed by atoms with van der Waals surface area (Å²) in [4.78, 5) is 11.6. The van der Waals surface area contributed by atoms with Gasteiger partial charge in [-0.15, -0.1) is 11.8 Å². The van der Waals surface area contributed by atoms with E-state index >= 15 is 0 Å². The van der Waals surface area contributed by atoms with Gasteiger partial charge in [0.25, 0.3) is 0 Å². The largest absolute Gasteiger partial charge is 0.478 e. The lowest BCUT2D eigenvalue weighted by Gasteiger charge is -2.04. The number of nitrogen functional groups attached to an aromatic ring is 1. The topological polar surface area (TPSA) is 63.3 Å². The molecule has 3 N–H and O–H groups in total. The van der Waals surface area contributed by atoms with Crippen LogP contribution in [0.1, 0.15) is 23.2 Å². The van der Waals surface area contributed by atoms with Crippen molar-refractivity contribution in [2.45, 2.75) is 23.0 Å². The predicted octanol–water partition coefficient (Wildman–Crippen LogP) is 2.22. The molecule has 0 unspecified atom stereocenters. The third kappa shape index (κ3) is 2.01. The van der Waals surface area contributed by atoms with Crippen LogP contribution in [0, 0.1) is 0 Å². The molecule has 1 aliphatic rings. The summed E-state index contributed by atoms with van der Waals surface area (Å²) in [6.45, 7) is 0. The molecule has 0 radical (unpaired) electrons. The molecule has 0 atom stereocenters. The Kier molecular flexibility index (Phi) is 2.37.